The maximum atomic E-state index is 11.0. The van der Waals surface area contributed by atoms with Crippen molar-refractivity contribution < 1.29 is 9.90 Å². The van der Waals surface area contributed by atoms with Crippen LogP contribution >= 0.6 is 0 Å². The number of rotatable bonds is 3. The van der Waals surface area contributed by atoms with Gasteiger partial charge in [0, 0.05) is 25.8 Å². The molecule has 1 aliphatic heterocycles. The number of aromatic nitrogens is 1. The van der Waals surface area contributed by atoms with Crippen LogP contribution in [0.4, 0.5) is 0 Å². The van der Waals surface area contributed by atoms with Crippen LogP contribution in [0.5, 0.6) is 0 Å². The van der Waals surface area contributed by atoms with Gasteiger partial charge in [0.2, 0.25) is 0 Å². The molecule has 4 nitrogen and oxygen atoms in total. The van der Waals surface area contributed by atoms with E-state index in [9.17, 15) is 4.79 Å². The molecule has 1 fully saturated rings. The molecule has 2 rings (SSSR count). The molecule has 4 heteroatoms. The van der Waals surface area contributed by atoms with E-state index in [1.54, 1.807) is 6.20 Å². The zero-order valence-electron chi connectivity index (χ0n) is 9.34. The highest BCUT2D eigenvalue weighted by Gasteiger charge is 2.34. The molecule has 0 bridgehead atoms. The van der Waals surface area contributed by atoms with Gasteiger partial charge in [-0.25, -0.2) is 0 Å². The van der Waals surface area contributed by atoms with Gasteiger partial charge < -0.3 is 5.11 Å². The first kappa shape index (κ1) is 11.1. The van der Waals surface area contributed by atoms with Crippen LogP contribution in [-0.4, -0.2) is 34.0 Å². The zero-order chi connectivity index (χ0) is 11.5. The number of nitrogens with zero attached hydrogens (tertiary/aromatic N) is 2. The summed E-state index contributed by atoms with van der Waals surface area (Å²) in [7, 11) is 0. The smallest absolute Gasteiger partial charge is 0.308 e. The molecule has 2 heterocycles. The summed E-state index contributed by atoms with van der Waals surface area (Å²) in [6.45, 7) is 4.22. The van der Waals surface area contributed by atoms with E-state index in [0.717, 1.165) is 18.8 Å². The van der Waals surface area contributed by atoms with Crippen LogP contribution in [0.3, 0.4) is 0 Å². The van der Waals surface area contributed by atoms with Gasteiger partial charge in [0.25, 0.3) is 0 Å². The Morgan fingerprint density at radius 1 is 1.56 bits per heavy atom. The van der Waals surface area contributed by atoms with Crippen LogP contribution in [0.15, 0.2) is 24.4 Å². The largest absolute Gasteiger partial charge is 0.481 e. The minimum Gasteiger partial charge on any atom is -0.481 e. The van der Waals surface area contributed by atoms with Crippen LogP contribution < -0.4 is 0 Å². The molecule has 1 aromatic rings. The van der Waals surface area contributed by atoms with Gasteiger partial charge in [-0.2, -0.15) is 0 Å². The molecule has 0 aromatic carbocycles. The predicted molar refractivity (Wildman–Crippen MR) is 59.8 cm³/mol. The Morgan fingerprint density at radius 3 is 2.94 bits per heavy atom. The molecule has 1 saturated heterocycles. The summed E-state index contributed by atoms with van der Waals surface area (Å²) in [5.41, 5.74) is 1.00. The summed E-state index contributed by atoms with van der Waals surface area (Å²) >= 11 is 0. The molecular formula is C12H16N2O2. The lowest BCUT2D eigenvalue weighted by molar-refractivity contribution is -0.142. The van der Waals surface area contributed by atoms with Crippen molar-refractivity contribution in [1.82, 2.24) is 9.88 Å². The average Bonchev–Trinajstić information content (AvgIpc) is 2.61. The first-order valence-electron chi connectivity index (χ1n) is 5.52. The minimum atomic E-state index is -0.684. The lowest BCUT2D eigenvalue weighted by Gasteiger charge is -2.14. The summed E-state index contributed by atoms with van der Waals surface area (Å²) in [6, 6.07) is 5.81. The molecule has 1 aromatic heterocycles. The monoisotopic (exact) mass is 220 g/mol. The molecule has 0 spiro atoms. The van der Waals surface area contributed by atoms with Crippen LogP contribution in [0.2, 0.25) is 0 Å². The van der Waals surface area contributed by atoms with Gasteiger partial charge in [-0.1, -0.05) is 13.0 Å². The second-order valence-corrected chi connectivity index (χ2v) is 4.44. The highest BCUT2D eigenvalue weighted by atomic mass is 16.4. The van der Waals surface area contributed by atoms with E-state index in [0.29, 0.717) is 6.54 Å². The Kier molecular flexibility index (Phi) is 3.19. The fourth-order valence-electron chi connectivity index (χ4n) is 2.24. The highest BCUT2D eigenvalue weighted by Crippen LogP contribution is 2.24. The molecule has 2 atom stereocenters. The van der Waals surface area contributed by atoms with Crippen LogP contribution in [0.25, 0.3) is 0 Å². The molecule has 86 valence electrons. The maximum absolute atomic E-state index is 11.0. The molecule has 0 amide bonds. The van der Waals surface area contributed by atoms with E-state index in [2.05, 4.69) is 9.88 Å². The van der Waals surface area contributed by atoms with Crippen molar-refractivity contribution in [1.29, 1.82) is 0 Å². The van der Waals surface area contributed by atoms with Crippen molar-refractivity contribution in [3.63, 3.8) is 0 Å². The zero-order valence-corrected chi connectivity index (χ0v) is 9.34. The summed E-state index contributed by atoms with van der Waals surface area (Å²) in [4.78, 5) is 17.4. The first-order valence-corrected chi connectivity index (χ1v) is 5.52. The lowest BCUT2D eigenvalue weighted by Crippen LogP contribution is -2.23. The number of carboxylic acids is 1. The van der Waals surface area contributed by atoms with Crippen molar-refractivity contribution in [3.8, 4) is 0 Å². The number of hydrogen-bond donors (Lipinski definition) is 1. The molecule has 1 aliphatic rings. The number of carbonyl (C=O) groups is 1. The Labute approximate surface area is 94.9 Å². The van der Waals surface area contributed by atoms with E-state index in [1.807, 2.05) is 25.1 Å². The third-order valence-corrected chi connectivity index (χ3v) is 3.12. The maximum Gasteiger partial charge on any atom is 0.308 e. The molecular weight excluding hydrogens is 204 g/mol. The molecule has 16 heavy (non-hydrogen) atoms. The lowest BCUT2D eigenvalue weighted by atomic mass is 9.99. The quantitative estimate of drug-likeness (QED) is 0.832. The van der Waals surface area contributed by atoms with E-state index < -0.39 is 5.97 Å². The fraction of sp³-hybridized carbons (Fsp3) is 0.500. The molecule has 0 aliphatic carbocycles. The molecule has 0 saturated carbocycles. The van der Waals surface area contributed by atoms with Gasteiger partial charge in [-0.15, -0.1) is 0 Å². The van der Waals surface area contributed by atoms with E-state index in [4.69, 9.17) is 5.11 Å². The summed E-state index contributed by atoms with van der Waals surface area (Å²) in [5.74, 6) is -0.694. The number of likely N-dealkylation sites (tertiary alicyclic amines) is 1. The summed E-state index contributed by atoms with van der Waals surface area (Å²) in [6.07, 6.45) is 1.77. The van der Waals surface area contributed by atoms with Crippen LogP contribution in [0, 0.1) is 11.8 Å². The van der Waals surface area contributed by atoms with Gasteiger partial charge in [-0.3, -0.25) is 14.7 Å². The predicted octanol–water partition coefficient (Wildman–Crippen LogP) is 1.23. The summed E-state index contributed by atoms with van der Waals surface area (Å²) in [5, 5.41) is 9.03. The third kappa shape index (κ3) is 2.39. The Balaban J connectivity index is 1.96. The van der Waals surface area contributed by atoms with Crippen molar-refractivity contribution in [2.24, 2.45) is 11.8 Å². The second-order valence-electron chi connectivity index (χ2n) is 4.44. The second kappa shape index (κ2) is 4.61. The van der Waals surface area contributed by atoms with Gasteiger partial charge >= 0.3 is 5.97 Å². The minimum absolute atomic E-state index is 0.223. The highest BCUT2D eigenvalue weighted by molar-refractivity contribution is 5.71. The van der Waals surface area contributed by atoms with E-state index >= 15 is 0 Å². The number of carboxylic acid groups (broad SMARTS) is 1. The van der Waals surface area contributed by atoms with Gasteiger partial charge in [-0.05, 0) is 18.1 Å². The Hall–Kier alpha value is -1.42. The Morgan fingerprint density at radius 2 is 2.38 bits per heavy atom. The standard InChI is InChI=1S/C12H16N2O2/c1-9-6-14(8-11(9)12(15)16)7-10-4-2-3-5-13-10/h2-5,9,11H,6-8H2,1H3,(H,15,16). The topological polar surface area (TPSA) is 53.4 Å². The number of aliphatic carboxylic acids is 1. The van der Waals surface area contributed by atoms with Crippen molar-refractivity contribution >= 4 is 5.97 Å². The van der Waals surface area contributed by atoms with Crippen molar-refractivity contribution in [2.45, 2.75) is 13.5 Å². The van der Waals surface area contributed by atoms with Gasteiger partial charge in [0.15, 0.2) is 0 Å². The fourth-order valence-corrected chi connectivity index (χ4v) is 2.24. The summed E-state index contributed by atoms with van der Waals surface area (Å²) < 4.78 is 0. The van der Waals surface area contributed by atoms with Gasteiger partial charge in [0.05, 0.1) is 11.6 Å². The van der Waals surface area contributed by atoms with Gasteiger partial charge in [0.1, 0.15) is 0 Å². The average molecular weight is 220 g/mol. The third-order valence-electron chi connectivity index (χ3n) is 3.12. The van der Waals surface area contributed by atoms with Crippen LogP contribution in [-0.2, 0) is 11.3 Å². The van der Waals surface area contributed by atoms with Crippen molar-refractivity contribution in [2.75, 3.05) is 13.1 Å². The van der Waals surface area contributed by atoms with Crippen molar-refractivity contribution in [3.05, 3.63) is 30.1 Å². The number of pyridine rings is 1. The van der Waals surface area contributed by atoms with E-state index in [1.165, 1.54) is 0 Å². The molecule has 2 unspecified atom stereocenters. The molecule has 1 N–H and O–H groups in total. The van der Waals surface area contributed by atoms with E-state index in [-0.39, 0.29) is 11.8 Å². The SMILES string of the molecule is CC1CN(Cc2ccccn2)CC1C(=O)O. The molecule has 0 radical (unpaired) electrons. The first-order chi connectivity index (χ1) is 7.66. The number of hydrogen-bond acceptors (Lipinski definition) is 3. The normalized spacial score (nSPS) is 25.8. The Bertz CT molecular complexity index is 367. The van der Waals surface area contributed by atoms with Crippen LogP contribution in [0.1, 0.15) is 12.6 Å².